The summed E-state index contributed by atoms with van der Waals surface area (Å²) in [6.07, 6.45) is 2.06. The third kappa shape index (κ3) is 3.72. The number of hydrogen-bond donors (Lipinski definition) is 1. The van der Waals surface area contributed by atoms with Crippen molar-refractivity contribution in [3.63, 3.8) is 0 Å². The maximum Gasteiger partial charge on any atom is 0.242 e. The SMILES string of the molecule is COc1ccc(S(=O)(=O)N(C)CC2CCCNC2)cc1F. The maximum absolute atomic E-state index is 13.7. The van der Waals surface area contributed by atoms with E-state index in [1.54, 1.807) is 0 Å². The molecule has 1 atom stereocenters. The second kappa shape index (κ2) is 6.72. The van der Waals surface area contributed by atoms with E-state index in [1.807, 2.05) is 0 Å². The van der Waals surface area contributed by atoms with Gasteiger partial charge in [-0.25, -0.2) is 17.1 Å². The number of ether oxygens (including phenoxy) is 1. The fourth-order valence-corrected chi connectivity index (χ4v) is 3.79. The molecule has 0 aliphatic carbocycles. The molecule has 0 bridgehead atoms. The third-order valence-electron chi connectivity index (χ3n) is 3.75. The Morgan fingerprint density at radius 1 is 1.48 bits per heavy atom. The van der Waals surface area contributed by atoms with Gasteiger partial charge in [0.2, 0.25) is 10.0 Å². The molecular formula is C14H21FN2O3S. The molecule has 2 rings (SSSR count). The molecule has 0 aromatic heterocycles. The Morgan fingerprint density at radius 3 is 2.81 bits per heavy atom. The van der Waals surface area contributed by atoms with Gasteiger partial charge in [0, 0.05) is 13.6 Å². The van der Waals surface area contributed by atoms with E-state index in [1.165, 1.54) is 30.6 Å². The summed E-state index contributed by atoms with van der Waals surface area (Å²) in [5.74, 6) is -0.346. The van der Waals surface area contributed by atoms with E-state index in [9.17, 15) is 12.8 Å². The second-order valence-corrected chi connectivity index (χ2v) is 7.34. The van der Waals surface area contributed by atoms with Crippen LogP contribution in [0.5, 0.6) is 5.75 Å². The molecule has 21 heavy (non-hydrogen) atoms. The number of methoxy groups -OCH3 is 1. The Balaban J connectivity index is 2.14. The molecule has 1 unspecified atom stereocenters. The van der Waals surface area contributed by atoms with Gasteiger partial charge in [0.05, 0.1) is 12.0 Å². The number of rotatable bonds is 5. The first kappa shape index (κ1) is 16.2. The van der Waals surface area contributed by atoms with Crippen molar-refractivity contribution in [3.8, 4) is 5.75 Å². The second-order valence-electron chi connectivity index (χ2n) is 5.29. The van der Waals surface area contributed by atoms with Crippen molar-refractivity contribution < 1.29 is 17.5 Å². The van der Waals surface area contributed by atoms with Crippen molar-refractivity contribution in [1.29, 1.82) is 0 Å². The van der Waals surface area contributed by atoms with Crippen LogP contribution in [0, 0.1) is 11.7 Å². The minimum Gasteiger partial charge on any atom is -0.494 e. The number of hydrogen-bond acceptors (Lipinski definition) is 4. The lowest BCUT2D eigenvalue weighted by Gasteiger charge is -2.27. The van der Waals surface area contributed by atoms with Crippen molar-refractivity contribution in [1.82, 2.24) is 9.62 Å². The number of halogens is 1. The number of nitrogens with zero attached hydrogens (tertiary/aromatic N) is 1. The number of benzene rings is 1. The van der Waals surface area contributed by atoms with Crippen LogP contribution in [0.3, 0.4) is 0 Å². The number of sulfonamides is 1. The van der Waals surface area contributed by atoms with Gasteiger partial charge in [-0.05, 0) is 50.0 Å². The molecule has 1 fully saturated rings. The minimum atomic E-state index is -3.68. The zero-order chi connectivity index (χ0) is 15.5. The van der Waals surface area contributed by atoms with Crippen LogP contribution in [0.1, 0.15) is 12.8 Å². The fourth-order valence-electron chi connectivity index (χ4n) is 2.53. The van der Waals surface area contributed by atoms with Crippen LogP contribution in [0.25, 0.3) is 0 Å². The van der Waals surface area contributed by atoms with E-state index >= 15 is 0 Å². The van der Waals surface area contributed by atoms with Crippen LogP contribution in [0.15, 0.2) is 23.1 Å². The lowest BCUT2D eigenvalue weighted by molar-refractivity contribution is 0.314. The monoisotopic (exact) mass is 316 g/mol. The molecule has 0 saturated carbocycles. The zero-order valence-electron chi connectivity index (χ0n) is 12.3. The van der Waals surface area contributed by atoms with Gasteiger partial charge in [0.25, 0.3) is 0 Å². The summed E-state index contributed by atoms with van der Waals surface area (Å²) in [7, 11) is -0.800. The van der Waals surface area contributed by atoms with E-state index < -0.39 is 15.8 Å². The molecule has 1 aliphatic rings. The summed E-state index contributed by atoms with van der Waals surface area (Å²) in [6.45, 7) is 2.23. The Labute approximate surface area is 125 Å². The fraction of sp³-hybridized carbons (Fsp3) is 0.571. The van der Waals surface area contributed by atoms with Crippen molar-refractivity contribution >= 4 is 10.0 Å². The molecule has 5 nitrogen and oxygen atoms in total. The van der Waals surface area contributed by atoms with Crippen molar-refractivity contribution in [2.45, 2.75) is 17.7 Å². The molecule has 0 amide bonds. The average Bonchev–Trinajstić information content (AvgIpc) is 2.48. The highest BCUT2D eigenvalue weighted by Gasteiger charge is 2.25. The van der Waals surface area contributed by atoms with Gasteiger partial charge >= 0.3 is 0 Å². The quantitative estimate of drug-likeness (QED) is 0.893. The topological polar surface area (TPSA) is 58.6 Å². The summed E-state index contributed by atoms with van der Waals surface area (Å²) < 4.78 is 44.7. The van der Waals surface area contributed by atoms with Crippen LogP contribution in [0.2, 0.25) is 0 Å². The first-order valence-electron chi connectivity index (χ1n) is 6.95. The van der Waals surface area contributed by atoms with E-state index in [2.05, 4.69) is 5.32 Å². The normalized spacial score (nSPS) is 19.7. The maximum atomic E-state index is 13.7. The van der Waals surface area contributed by atoms with Gasteiger partial charge in [-0.2, -0.15) is 0 Å². The highest BCUT2D eigenvalue weighted by Crippen LogP contribution is 2.23. The molecule has 0 radical (unpaired) electrons. The lowest BCUT2D eigenvalue weighted by Crippen LogP contribution is -2.39. The Hall–Kier alpha value is -1.18. The van der Waals surface area contributed by atoms with Crippen LogP contribution < -0.4 is 10.1 Å². The predicted octanol–water partition coefficient (Wildman–Crippen LogP) is 1.45. The van der Waals surface area contributed by atoms with Gasteiger partial charge < -0.3 is 10.1 Å². The van der Waals surface area contributed by atoms with E-state index in [0.29, 0.717) is 12.5 Å². The van der Waals surface area contributed by atoms with Crippen LogP contribution in [-0.2, 0) is 10.0 Å². The van der Waals surface area contributed by atoms with Crippen molar-refractivity contribution in [2.24, 2.45) is 5.92 Å². The summed E-state index contributed by atoms with van der Waals surface area (Å²) in [5, 5.41) is 3.26. The molecule has 1 aromatic rings. The number of nitrogens with one attached hydrogen (secondary N) is 1. The smallest absolute Gasteiger partial charge is 0.242 e. The average molecular weight is 316 g/mol. The highest BCUT2D eigenvalue weighted by molar-refractivity contribution is 7.89. The first-order chi connectivity index (χ1) is 9.95. The summed E-state index contributed by atoms with van der Waals surface area (Å²) in [4.78, 5) is -0.0490. The van der Waals surface area contributed by atoms with Gasteiger partial charge in [-0.3, -0.25) is 0 Å². The molecule has 118 valence electrons. The Morgan fingerprint density at radius 2 is 2.24 bits per heavy atom. The summed E-state index contributed by atoms with van der Waals surface area (Å²) in [6, 6.07) is 3.70. The molecular weight excluding hydrogens is 295 g/mol. The summed E-state index contributed by atoms with van der Waals surface area (Å²) >= 11 is 0. The predicted molar refractivity (Wildman–Crippen MR) is 78.4 cm³/mol. The van der Waals surface area contributed by atoms with Crippen LogP contribution in [0.4, 0.5) is 4.39 Å². The zero-order valence-corrected chi connectivity index (χ0v) is 13.1. The Bertz CT molecular complexity index is 586. The Kier molecular flexibility index (Phi) is 5.18. The first-order valence-corrected chi connectivity index (χ1v) is 8.39. The van der Waals surface area contributed by atoms with Crippen molar-refractivity contribution in [3.05, 3.63) is 24.0 Å². The van der Waals surface area contributed by atoms with E-state index in [4.69, 9.17) is 4.74 Å². The van der Waals surface area contributed by atoms with Crippen LogP contribution in [-0.4, -0.2) is 46.5 Å². The molecule has 1 heterocycles. The van der Waals surface area contributed by atoms with Gasteiger partial charge in [0.1, 0.15) is 0 Å². The highest BCUT2D eigenvalue weighted by atomic mass is 32.2. The standard InChI is InChI=1S/C14H21FN2O3S/c1-17(10-11-4-3-7-16-9-11)21(18,19)12-5-6-14(20-2)13(15)8-12/h5-6,8,11,16H,3-4,7,9-10H2,1-2H3. The molecule has 1 saturated heterocycles. The van der Waals surface area contributed by atoms with Crippen molar-refractivity contribution in [2.75, 3.05) is 33.8 Å². The molecule has 1 aromatic carbocycles. The lowest BCUT2D eigenvalue weighted by atomic mass is 10.00. The molecule has 0 spiro atoms. The van der Waals surface area contributed by atoms with Crippen LogP contribution >= 0.6 is 0 Å². The molecule has 7 heteroatoms. The number of piperidine rings is 1. The van der Waals surface area contributed by atoms with Gasteiger partial charge in [0.15, 0.2) is 11.6 Å². The minimum absolute atomic E-state index is 0.0353. The molecule has 1 aliphatic heterocycles. The van der Waals surface area contributed by atoms with Gasteiger partial charge in [-0.15, -0.1) is 0 Å². The van der Waals surface area contributed by atoms with E-state index in [0.717, 1.165) is 32.0 Å². The van der Waals surface area contributed by atoms with E-state index in [-0.39, 0.29) is 10.6 Å². The largest absolute Gasteiger partial charge is 0.494 e. The summed E-state index contributed by atoms with van der Waals surface area (Å²) in [5.41, 5.74) is 0. The third-order valence-corrected chi connectivity index (χ3v) is 5.57. The van der Waals surface area contributed by atoms with Gasteiger partial charge in [-0.1, -0.05) is 0 Å². The molecule has 1 N–H and O–H groups in total.